The number of hydrogen-bond acceptors (Lipinski definition) is 6. The van der Waals surface area contributed by atoms with Gasteiger partial charge in [0.15, 0.2) is 9.84 Å². The Balaban J connectivity index is 1.50. The smallest absolute Gasteiger partial charge is 0.369 e. The predicted octanol–water partition coefficient (Wildman–Crippen LogP) is 4.90. The molecule has 2 amide bonds. The lowest BCUT2D eigenvalue weighted by molar-refractivity contribution is -0.138. The summed E-state index contributed by atoms with van der Waals surface area (Å²) in [4.78, 5) is 28.7. The summed E-state index contributed by atoms with van der Waals surface area (Å²) in [7, 11) is -3.63. The van der Waals surface area contributed by atoms with Crippen LogP contribution in [0.5, 0.6) is 0 Å². The molecule has 2 aliphatic heterocycles. The van der Waals surface area contributed by atoms with Crippen molar-refractivity contribution in [3.63, 3.8) is 0 Å². The van der Waals surface area contributed by atoms with E-state index >= 15 is 0 Å². The zero-order chi connectivity index (χ0) is 31.5. The highest BCUT2D eigenvalue weighted by molar-refractivity contribution is 7.91. The van der Waals surface area contributed by atoms with Crippen molar-refractivity contribution in [1.82, 2.24) is 15.1 Å². The maximum atomic E-state index is 14.3. The SMILES string of the molecule is CCS(=O)(=O)c1ccc(Cl)cc1CNC(=O)c1cc(Cl)c(CN2CCC[C@H](N3CCC(C(N)=O)CC3)C2)c(C(F)(F)F)c1. The minimum Gasteiger partial charge on any atom is -0.369 e. The van der Waals surface area contributed by atoms with Gasteiger partial charge in [-0.05, 0) is 86.8 Å². The Morgan fingerprint density at radius 3 is 2.40 bits per heavy atom. The maximum absolute atomic E-state index is 14.3. The van der Waals surface area contributed by atoms with Crippen LogP contribution in [0.15, 0.2) is 35.2 Å². The van der Waals surface area contributed by atoms with Crippen molar-refractivity contribution < 1.29 is 31.2 Å². The molecule has 0 bridgehead atoms. The van der Waals surface area contributed by atoms with Crippen molar-refractivity contribution in [3.05, 3.63) is 62.6 Å². The molecule has 2 heterocycles. The van der Waals surface area contributed by atoms with Crippen LogP contribution in [0.1, 0.15) is 59.7 Å². The number of benzene rings is 2. The van der Waals surface area contributed by atoms with E-state index in [1.54, 1.807) is 0 Å². The van der Waals surface area contributed by atoms with Crippen LogP contribution < -0.4 is 11.1 Å². The minimum atomic E-state index is -4.77. The number of amides is 2. The number of likely N-dealkylation sites (tertiary alicyclic amines) is 2. The lowest BCUT2D eigenvalue weighted by Gasteiger charge is -2.42. The van der Waals surface area contributed by atoms with Gasteiger partial charge in [-0.25, -0.2) is 8.42 Å². The third-order valence-corrected chi connectivity index (χ3v) is 10.7. The zero-order valence-electron chi connectivity index (χ0n) is 23.7. The molecule has 2 saturated heterocycles. The van der Waals surface area contributed by atoms with Gasteiger partial charge in [0, 0.05) is 47.2 Å². The summed E-state index contributed by atoms with van der Waals surface area (Å²) in [5.41, 5.74) is 4.27. The third kappa shape index (κ3) is 8.21. The second kappa shape index (κ2) is 13.7. The first kappa shape index (κ1) is 33.5. The first-order valence-electron chi connectivity index (χ1n) is 14.1. The number of primary amides is 1. The largest absolute Gasteiger partial charge is 0.416 e. The number of nitrogens with zero attached hydrogens (tertiary/aromatic N) is 2. The van der Waals surface area contributed by atoms with Gasteiger partial charge in [-0.3, -0.25) is 19.4 Å². The van der Waals surface area contributed by atoms with E-state index in [0.717, 1.165) is 18.9 Å². The number of nitrogens with two attached hydrogens (primary N) is 1. The average molecular weight is 664 g/mol. The van der Waals surface area contributed by atoms with Crippen LogP contribution in [0.2, 0.25) is 10.0 Å². The molecule has 0 spiro atoms. The summed E-state index contributed by atoms with van der Waals surface area (Å²) < 4.78 is 67.8. The Morgan fingerprint density at radius 1 is 1.07 bits per heavy atom. The Morgan fingerprint density at radius 2 is 1.77 bits per heavy atom. The fraction of sp³-hybridized carbons (Fsp3) is 0.517. The van der Waals surface area contributed by atoms with Crippen molar-refractivity contribution in [2.75, 3.05) is 31.9 Å². The van der Waals surface area contributed by atoms with E-state index in [4.69, 9.17) is 28.9 Å². The van der Waals surface area contributed by atoms with Crippen LogP contribution in [0, 0.1) is 5.92 Å². The molecular formula is C29H35Cl2F3N4O4S. The second-order valence-electron chi connectivity index (χ2n) is 11.1. The number of nitrogens with one attached hydrogen (secondary N) is 1. The van der Waals surface area contributed by atoms with Gasteiger partial charge in [0.2, 0.25) is 5.91 Å². The molecule has 8 nitrogen and oxygen atoms in total. The van der Waals surface area contributed by atoms with E-state index in [-0.39, 0.29) is 68.3 Å². The fourth-order valence-corrected chi connectivity index (χ4v) is 7.44. The molecule has 0 aliphatic carbocycles. The lowest BCUT2D eigenvalue weighted by atomic mass is 9.93. The molecule has 2 aromatic rings. The first-order chi connectivity index (χ1) is 20.2. The van der Waals surface area contributed by atoms with Gasteiger partial charge in [-0.1, -0.05) is 30.1 Å². The monoisotopic (exact) mass is 662 g/mol. The van der Waals surface area contributed by atoms with E-state index in [9.17, 15) is 31.2 Å². The summed E-state index contributed by atoms with van der Waals surface area (Å²) in [5.74, 6) is -1.45. The second-order valence-corrected chi connectivity index (χ2v) is 14.2. The molecule has 2 fully saturated rings. The van der Waals surface area contributed by atoms with Crippen LogP contribution in [0.25, 0.3) is 0 Å². The molecule has 43 heavy (non-hydrogen) atoms. The summed E-state index contributed by atoms with van der Waals surface area (Å²) in [6.07, 6.45) is -1.71. The van der Waals surface area contributed by atoms with Crippen molar-refractivity contribution in [3.8, 4) is 0 Å². The number of alkyl halides is 3. The Bertz CT molecular complexity index is 1460. The molecule has 4 rings (SSSR count). The summed E-state index contributed by atoms with van der Waals surface area (Å²) in [6, 6.07) is 6.29. The number of hydrogen-bond donors (Lipinski definition) is 2. The van der Waals surface area contributed by atoms with E-state index in [1.165, 1.54) is 31.2 Å². The fourth-order valence-electron chi connectivity index (χ4n) is 5.85. The molecule has 14 heteroatoms. The zero-order valence-corrected chi connectivity index (χ0v) is 26.1. The Hall–Kier alpha value is -2.38. The predicted molar refractivity (Wildman–Crippen MR) is 159 cm³/mol. The topological polar surface area (TPSA) is 113 Å². The van der Waals surface area contributed by atoms with Crippen molar-refractivity contribution in [2.45, 2.75) is 62.8 Å². The van der Waals surface area contributed by atoms with Crippen molar-refractivity contribution >= 4 is 44.9 Å². The number of rotatable bonds is 9. The number of carbonyl (C=O) groups excluding carboxylic acids is 2. The molecular weight excluding hydrogens is 628 g/mol. The standard InChI is InChI=1S/C29H35Cl2F3N4O4S/c1-2-43(41,42)26-6-5-21(30)12-20(26)15-36-28(40)19-13-24(29(32,33)34)23(25(31)14-19)17-37-9-3-4-22(16-37)38-10-7-18(8-11-38)27(35)39/h5-6,12-14,18,22H,2-4,7-11,15-17H2,1H3,(H2,35,39)(H,36,40)/t22-/m0/s1. The maximum Gasteiger partial charge on any atom is 0.416 e. The lowest BCUT2D eigenvalue weighted by Crippen LogP contribution is -2.51. The van der Waals surface area contributed by atoms with Gasteiger partial charge in [-0.15, -0.1) is 0 Å². The summed E-state index contributed by atoms with van der Waals surface area (Å²) in [6.45, 7) is 3.77. The number of sulfone groups is 1. The van der Waals surface area contributed by atoms with Gasteiger partial charge in [0.25, 0.3) is 5.91 Å². The average Bonchev–Trinajstić information content (AvgIpc) is 2.96. The molecule has 236 valence electrons. The highest BCUT2D eigenvalue weighted by atomic mass is 35.5. The molecule has 0 aromatic heterocycles. The first-order valence-corrected chi connectivity index (χ1v) is 16.5. The quantitative estimate of drug-likeness (QED) is 0.395. The highest BCUT2D eigenvalue weighted by Gasteiger charge is 2.37. The molecule has 2 aromatic carbocycles. The normalized spacial score (nSPS) is 19.3. The van der Waals surface area contributed by atoms with Crippen LogP contribution in [0.3, 0.4) is 0 Å². The van der Waals surface area contributed by atoms with Crippen molar-refractivity contribution in [1.29, 1.82) is 0 Å². The van der Waals surface area contributed by atoms with E-state index in [1.807, 2.05) is 4.90 Å². The molecule has 0 saturated carbocycles. The van der Waals surface area contributed by atoms with E-state index in [0.29, 0.717) is 39.0 Å². The van der Waals surface area contributed by atoms with Crippen LogP contribution in [-0.2, 0) is 33.9 Å². The highest BCUT2D eigenvalue weighted by Crippen LogP contribution is 2.37. The molecule has 3 N–H and O–H groups in total. The number of carbonyl (C=O) groups is 2. The third-order valence-electron chi connectivity index (χ3n) is 8.25. The van der Waals surface area contributed by atoms with Gasteiger partial charge >= 0.3 is 6.18 Å². The Kier molecular flexibility index (Phi) is 10.7. The molecule has 0 unspecified atom stereocenters. The molecule has 0 radical (unpaired) electrons. The van der Waals surface area contributed by atoms with Crippen LogP contribution >= 0.6 is 23.2 Å². The Labute approximate surface area is 259 Å². The van der Waals surface area contributed by atoms with E-state index in [2.05, 4.69) is 10.2 Å². The molecule has 1 atom stereocenters. The van der Waals surface area contributed by atoms with Gasteiger partial charge in [0.1, 0.15) is 0 Å². The van der Waals surface area contributed by atoms with E-state index < -0.39 is 27.5 Å². The van der Waals surface area contributed by atoms with Gasteiger partial charge in [0.05, 0.1) is 16.2 Å². The van der Waals surface area contributed by atoms with Gasteiger partial charge in [-0.2, -0.15) is 13.2 Å². The summed E-state index contributed by atoms with van der Waals surface area (Å²) in [5, 5.41) is 2.58. The van der Waals surface area contributed by atoms with Crippen molar-refractivity contribution in [2.24, 2.45) is 11.7 Å². The van der Waals surface area contributed by atoms with Crippen LogP contribution in [0.4, 0.5) is 13.2 Å². The number of halogens is 5. The number of piperidine rings is 2. The van der Waals surface area contributed by atoms with Crippen LogP contribution in [-0.4, -0.2) is 68.0 Å². The molecule has 2 aliphatic rings. The minimum absolute atomic E-state index is 0.0128. The summed E-state index contributed by atoms with van der Waals surface area (Å²) >= 11 is 12.4. The van der Waals surface area contributed by atoms with Gasteiger partial charge < -0.3 is 11.1 Å².